The molecule has 1 aliphatic rings. The highest BCUT2D eigenvalue weighted by molar-refractivity contribution is 5.78. The summed E-state index contributed by atoms with van der Waals surface area (Å²) < 4.78 is 12.8. The van der Waals surface area contributed by atoms with Gasteiger partial charge in [0.25, 0.3) is 0 Å². The molecule has 3 heteroatoms. The van der Waals surface area contributed by atoms with Crippen LogP contribution in [0.4, 0.5) is 4.39 Å². The third-order valence-electron chi connectivity index (χ3n) is 2.60. The van der Waals surface area contributed by atoms with Crippen LogP contribution in [0.2, 0.25) is 0 Å². The minimum absolute atomic E-state index is 0.0723. The molecule has 74 valence electrons. The normalized spacial score (nSPS) is 21.0. The Labute approximate surface area is 82.1 Å². The van der Waals surface area contributed by atoms with Crippen LogP contribution in [0.5, 0.6) is 0 Å². The molecule has 1 unspecified atom stereocenters. The van der Waals surface area contributed by atoms with Crippen LogP contribution in [-0.2, 0) is 4.79 Å². The highest BCUT2D eigenvalue weighted by Gasteiger charge is 2.23. The van der Waals surface area contributed by atoms with Gasteiger partial charge in [0.15, 0.2) is 0 Å². The molecule has 1 aliphatic heterocycles. The van der Waals surface area contributed by atoms with E-state index in [1.165, 1.54) is 12.1 Å². The highest BCUT2D eigenvalue weighted by Crippen LogP contribution is 2.26. The first-order chi connectivity index (χ1) is 6.66. The van der Waals surface area contributed by atoms with Gasteiger partial charge in [-0.2, -0.15) is 0 Å². The molecule has 1 saturated heterocycles. The first kappa shape index (κ1) is 9.19. The lowest BCUT2D eigenvalue weighted by Crippen LogP contribution is -2.18. The number of nitrogens with one attached hydrogen (secondary N) is 1. The van der Waals surface area contributed by atoms with Gasteiger partial charge < -0.3 is 5.32 Å². The summed E-state index contributed by atoms with van der Waals surface area (Å²) in [6.07, 6.45) is 1.38. The molecule has 2 nitrogen and oxygen atoms in total. The number of hydrogen-bond donors (Lipinski definition) is 1. The zero-order chi connectivity index (χ0) is 10.1. The van der Waals surface area contributed by atoms with E-state index in [4.69, 9.17) is 0 Å². The van der Waals surface area contributed by atoms with Gasteiger partial charge in [-0.25, -0.2) is 4.39 Å². The second-order valence-corrected chi connectivity index (χ2v) is 3.66. The molecular weight excluding hydrogens is 181 g/mol. The van der Waals surface area contributed by atoms with E-state index >= 15 is 0 Å². The fourth-order valence-electron chi connectivity index (χ4n) is 1.88. The smallest absolute Gasteiger partial charge is 0.220 e. The maximum Gasteiger partial charge on any atom is 0.220 e. The highest BCUT2D eigenvalue weighted by atomic mass is 19.1. The zero-order valence-electron chi connectivity index (χ0n) is 8.01. The van der Waals surface area contributed by atoms with Gasteiger partial charge in [0.1, 0.15) is 5.82 Å². The van der Waals surface area contributed by atoms with Crippen molar-refractivity contribution in [3.05, 3.63) is 35.1 Å². The third kappa shape index (κ3) is 1.62. The van der Waals surface area contributed by atoms with E-state index < -0.39 is 0 Å². The predicted octanol–water partition coefficient (Wildman–Crippen LogP) is 2.09. The van der Waals surface area contributed by atoms with Crippen molar-refractivity contribution in [2.45, 2.75) is 25.8 Å². The van der Waals surface area contributed by atoms with Gasteiger partial charge in [-0.05, 0) is 36.6 Å². The van der Waals surface area contributed by atoms with Crippen LogP contribution in [0.25, 0.3) is 0 Å². The van der Waals surface area contributed by atoms with E-state index in [9.17, 15) is 9.18 Å². The number of carbonyl (C=O) groups excluding carboxylic acids is 1. The Morgan fingerprint density at radius 2 is 2.29 bits per heavy atom. The summed E-state index contributed by atoms with van der Waals surface area (Å²) in [5.74, 6) is -0.144. The summed E-state index contributed by atoms with van der Waals surface area (Å²) in [6.45, 7) is 1.86. The van der Waals surface area contributed by atoms with Crippen LogP contribution in [-0.4, -0.2) is 5.91 Å². The molecule has 2 rings (SSSR count). The molecule has 0 radical (unpaired) electrons. The Morgan fingerprint density at radius 1 is 1.50 bits per heavy atom. The van der Waals surface area contributed by atoms with Crippen molar-refractivity contribution in [2.75, 3.05) is 0 Å². The second-order valence-electron chi connectivity index (χ2n) is 3.66. The van der Waals surface area contributed by atoms with Gasteiger partial charge in [-0.1, -0.05) is 6.07 Å². The fraction of sp³-hybridized carbons (Fsp3) is 0.364. The zero-order valence-corrected chi connectivity index (χ0v) is 8.01. The average Bonchev–Trinajstić information content (AvgIpc) is 2.51. The first-order valence-corrected chi connectivity index (χ1v) is 4.72. The van der Waals surface area contributed by atoms with Crippen molar-refractivity contribution >= 4 is 5.91 Å². The molecular formula is C11H12FNO. The van der Waals surface area contributed by atoms with Crippen LogP contribution >= 0.6 is 0 Å². The molecule has 14 heavy (non-hydrogen) atoms. The molecule has 0 aromatic heterocycles. The predicted molar refractivity (Wildman–Crippen MR) is 51.3 cm³/mol. The molecule has 1 heterocycles. The summed E-state index contributed by atoms with van der Waals surface area (Å²) in [6, 6.07) is 4.76. The quantitative estimate of drug-likeness (QED) is 0.727. The largest absolute Gasteiger partial charge is 0.349 e. The van der Waals surface area contributed by atoms with E-state index in [1.807, 2.05) is 6.92 Å². The fourth-order valence-corrected chi connectivity index (χ4v) is 1.88. The Balaban J connectivity index is 2.28. The monoisotopic (exact) mass is 193 g/mol. The lowest BCUT2D eigenvalue weighted by Gasteiger charge is -2.13. The van der Waals surface area contributed by atoms with Gasteiger partial charge >= 0.3 is 0 Å². The van der Waals surface area contributed by atoms with Crippen molar-refractivity contribution < 1.29 is 9.18 Å². The maximum atomic E-state index is 12.8. The molecule has 1 amide bonds. The molecule has 0 bridgehead atoms. The van der Waals surface area contributed by atoms with Crippen molar-refractivity contribution in [3.8, 4) is 0 Å². The second kappa shape index (κ2) is 3.40. The average molecular weight is 193 g/mol. The minimum atomic E-state index is -0.226. The molecule has 0 saturated carbocycles. The number of rotatable bonds is 1. The Bertz CT molecular complexity index is 376. The summed E-state index contributed by atoms with van der Waals surface area (Å²) in [5, 5.41) is 2.87. The SMILES string of the molecule is Cc1cc(F)ccc1C1CCC(=O)N1. The number of carbonyl (C=O) groups is 1. The van der Waals surface area contributed by atoms with Crippen LogP contribution in [0.15, 0.2) is 18.2 Å². The van der Waals surface area contributed by atoms with Gasteiger partial charge in [-0.3, -0.25) is 4.79 Å². The van der Waals surface area contributed by atoms with E-state index in [-0.39, 0.29) is 17.8 Å². The maximum absolute atomic E-state index is 12.8. The van der Waals surface area contributed by atoms with Gasteiger partial charge in [0.2, 0.25) is 5.91 Å². The molecule has 1 fully saturated rings. The van der Waals surface area contributed by atoms with Crippen LogP contribution in [0, 0.1) is 12.7 Å². The standard InChI is InChI=1S/C11H12FNO/c1-7-6-8(12)2-3-9(7)10-4-5-11(14)13-10/h2-3,6,10H,4-5H2,1H3,(H,13,14). The van der Waals surface area contributed by atoms with Gasteiger partial charge in [-0.15, -0.1) is 0 Å². The molecule has 1 aromatic carbocycles. The van der Waals surface area contributed by atoms with E-state index in [1.54, 1.807) is 6.07 Å². The minimum Gasteiger partial charge on any atom is -0.349 e. The van der Waals surface area contributed by atoms with Gasteiger partial charge in [0.05, 0.1) is 6.04 Å². The lowest BCUT2D eigenvalue weighted by molar-refractivity contribution is -0.119. The number of amides is 1. The lowest BCUT2D eigenvalue weighted by atomic mass is 10.0. The molecule has 1 N–H and O–H groups in total. The van der Waals surface area contributed by atoms with Crippen molar-refractivity contribution in [1.29, 1.82) is 0 Å². The number of hydrogen-bond acceptors (Lipinski definition) is 1. The van der Waals surface area contributed by atoms with Crippen molar-refractivity contribution in [3.63, 3.8) is 0 Å². The van der Waals surface area contributed by atoms with Crippen LogP contribution in [0.3, 0.4) is 0 Å². The molecule has 0 aliphatic carbocycles. The van der Waals surface area contributed by atoms with Crippen molar-refractivity contribution in [2.24, 2.45) is 0 Å². The van der Waals surface area contributed by atoms with Crippen LogP contribution < -0.4 is 5.32 Å². The van der Waals surface area contributed by atoms with E-state index in [0.717, 1.165) is 17.5 Å². The first-order valence-electron chi connectivity index (χ1n) is 4.72. The van der Waals surface area contributed by atoms with E-state index in [2.05, 4.69) is 5.32 Å². The molecule has 1 aromatic rings. The number of benzene rings is 1. The van der Waals surface area contributed by atoms with Crippen LogP contribution in [0.1, 0.15) is 30.0 Å². The summed E-state index contributed by atoms with van der Waals surface area (Å²) >= 11 is 0. The third-order valence-corrected chi connectivity index (χ3v) is 2.60. The Morgan fingerprint density at radius 3 is 2.86 bits per heavy atom. The number of aryl methyl sites for hydroxylation is 1. The topological polar surface area (TPSA) is 29.1 Å². The number of halogens is 1. The summed E-state index contributed by atoms with van der Waals surface area (Å²) in [5.41, 5.74) is 1.93. The molecule has 1 atom stereocenters. The summed E-state index contributed by atoms with van der Waals surface area (Å²) in [7, 11) is 0. The summed E-state index contributed by atoms with van der Waals surface area (Å²) in [4.78, 5) is 11.0. The van der Waals surface area contributed by atoms with E-state index in [0.29, 0.717) is 6.42 Å². The Hall–Kier alpha value is -1.38. The van der Waals surface area contributed by atoms with Crippen molar-refractivity contribution in [1.82, 2.24) is 5.32 Å². The molecule has 0 spiro atoms. The Kier molecular flexibility index (Phi) is 2.23. The van der Waals surface area contributed by atoms with Gasteiger partial charge in [0, 0.05) is 6.42 Å².